The summed E-state index contributed by atoms with van der Waals surface area (Å²) >= 11 is 0. The van der Waals surface area contributed by atoms with E-state index in [1.165, 1.54) is 36.8 Å². The summed E-state index contributed by atoms with van der Waals surface area (Å²) in [6, 6.07) is 12.6. The monoisotopic (exact) mass is 506 g/mol. The first-order chi connectivity index (χ1) is 18.1. The number of hydrogen-bond acceptors (Lipinski definition) is 1. The molecule has 2 aliphatic rings. The van der Waals surface area contributed by atoms with Gasteiger partial charge in [0.1, 0.15) is 0 Å². The van der Waals surface area contributed by atoms with Crippen molar-refractivity contribution in [2.24, 2.45) is 11.8 Å². The maximum Gasteiger partial charge on any atom is 0.200 e. The minimum absolute atomic E-state index is 0.0431. The molecular weight excluding hydrogens is 462 g/mol. The van der Waals surface area contributed by atoms with Gasteiger partial charge in [-0.15, -0.1) is 6.58 Å². The van der Waals surface area contributed by atoms with Gasteiger partial charge in [0.2, 0.25) is 5.82 Å². The molecule has 2 saturated carbocycles. The number of rotatable bonds is 11. The highest BCUT2D eigenvalue weighted by Crippen LogP contribution is 2.40. The van der Waals surface area contributed by atoms with Gasteiger partial charge in [0.25, 0.3) is 0 Å². The van der Waals surface area contributed by atoms with Crippen LogP contribution < -0.4 is 4.74 Å². The van der Waals surface area contributed by atoms with Gasteiger partial charge in [-0.25, -0.2) is 4.39 Å². The molecule has 200 valence electrons. The van der Waals surface area contributed by atoms with E-state index < -0.39 is 11.6 Å². The summed E-state index contributed by atoms with van der Waals surface area (Å²) in [5, 5.41) is 0. The molecule has 1 nitrogen and oxygen atoms in total. The summed E-state index contributed by atoms with van der Waals surface area (Å²) in [5.41, 5.74) is 3.42. The molecule has 0 heterocycles. The smallest absolute Gasteiger partial charge is 0.200 e. The van der Waals surface area contributed by atoms with E-state index in [2.05, 4.69) is 43.0 Å². The zero-order valence-corrected chi connectivity index (χ0v) is 22.6. The van der Waals surface area contributed by atoms with Gasteiger partial charge >= 0.3 is 0 Å². The second-order valence-electron chi connectivity index (χ2n) is 11.2. The van der Waals surface area contributed by atoms with Crippen molar-refractivity contribution in [3.8, 4) is 5.75 Å². The molecular formula is C34H44F2O. The van der Waals surface area contributed by atoms with Crippen LogP contribution in [0.25, 0.3) is 0 Å². The highest BCUT2D eigenvalue weighted by molar-refractivity contribution is 5.33. The van der Waals surface area contributed by atoms with Gasteiger partial charge < -0.3 is 4.74 Å². The Balaban J connectivity index is 1.22. The molecule has 3 heteroatoms. The molecule has 0 N–H and O–H groups in total. The van der Waals surface area contributed by atoms with E-state index in [1.807, 2.05) is 13.0 Å². The van der Waals surface area contributed by atoms with Gasteiger partial charge in [-0.05, 0) is 117 Å². The van der Waals surface area contributed by atoms with Crippen LogP contribution in [-0.2, 0) is 6.42 Å². The lowest BCUT2D eigenvalue weighted by atomic mass is 9.76. The van der Waals surface area contributed by atoms with Gasteiger partial charge in [-0.1, -0.05) is 61.9 Å². The first-order valence-electron chi connectivity index (χ1n) is 14.6. The topological polar surface area (TPSA) is 9.23 Å². The van der Waals surface area contributed by atoms with Crippen molar-refractivity contribution >= 4 is 0 Å². The fourth-order valence-corrected chi connectivity index (χ4v) is 6.11. The van der Waals surface area contributed by atoms with Crippen molar-refractivity contribution in [1.82, 2.24) is 0 Å². The van der Waals surface area contributed by atoms with Crippen molar-refractivity contribution in [1.29, 1.82) is 0 Å². The van der Waals surface area contributed by atoms with Gasteiger partial charge in [0.15, 0.2) is 11.6 Å². The lowest BCUT2D eigenvalue weighted by molar-refractivity contribution is 0.286. The largest absolute Gasteiger partial charge is 0.490 e. The number of ether oxygens (including phenoxy) is 1. The number of unbranched alkanes of at least 4 members (excludes halogenated alkanes) is 1. The normalized spacial score (nSPS) is 24.3. The molecule has 0 saturated heterocycles. The van der Waals surface area contributed by atoms with Crippen LogP contribution >= 0.6 is 0 Å². The average Bonchev–Trinajstić information content (AvgIpc) is 2.94. The Kier molecular flexibility index (Phi) is 10.4. The molecule has 0 radical (unpaired) electrons. The third-order valence-corrected chi connectivity index (χ3v) is 8.56. The second-order valence-corrected chi connectivity index (χ2v) is 11.2. The molecule has 0 bridgehead atoms. The van der Waals surface area contributed by atoms with Crippen molar-refractivity contribution < 1.29 is 13.5 Å². The van der Waals surface area contributed by atoms with Crippen LogP contribution in [0.5, 0.6) is 5.75 Å². The Bertz CT molecular complexity index is 1010. The summed E-state index contributed by atoms with van der Waals surface area (Å²) in [6.45, 7) is 6.29. The number of aryl methyl sites for hydroxylation is 1. The zero-order valence-electron chi connectivity index (χ0n) is 22.6. The van der Waals surface area contributed by atoms with Crippen molar-refractivity contribution in [3.05, 3.63) is 89.5 Å². The van der Waals surface area contributed by atoms with Crippen LogP contribution in [0.3, 0.4) is 0 Å². The van der Waals surface area contributed by atoms with Crippen molar-refractivity contribution in [2.45, 2.75) is 95.8 Å². The van der Waals surface area contributed by atoms with Crippen molar-refractivity contribution in [3.63, 3.8) is 0 Å². The van der Waals surface area contributed by atoms with Gasteiger partial charge in [-0.3, -0.25) is 0 Å². The van der Waals surface area contributed by atoms with Crippen LogP contribution in [0.15, 0.2) is 61.2 Å². The lowest BCUT2D eigenvalue weighted by Crippen LogP contribution is -2.15. The van der Waals surface area contributed by atoms with Gasteiger partial charge in [0.05, 0.1) is 6.61 Å². The van der Waals surface area contributed by atoms with Crippen LogP contribution in [0.2, 0.25) is 0 Å². The maximum atomic E-state index is 14.8. The molecule has 0 unspecified atom stereocenters. The van der Waals surface area contributed by atoms with E-state index in [4.69, 9.17) is 4.74 Å². The van der Waals surface area contributed by atoms with E-state index in [0.717, 1.165) is 51.4 Å². The van der Waals surface area contributed by atoms with Crippen molar-refractivity contribution in [2.75, 3.05) is 6.61 Å². The Morgan fingerprint density at radius 2 is 1.43 bits per heavy atom. The molecule has 2 fully saturated rings. The highest BCUT2D eigenvalue weighted by Gasteiger charge is 2.26. The minimum atomic E-state index is -0.824. The maximum absolute atomic E-state index is 14.8. The van der Waals surface area contributed by atoms with Crippen LogP contribution in [0.4, 0.5) is 8.78 Å². The highest BCUT2D eigenvalue weighted by atomic mass is 19.2. The minimum Gasteiger partial charge on any atom is -0.490 e. The second kappa shape index (κ2) is 13.9. The summed E-state index contributed by atoms with van der Waals surface area (Å²) in [6.07, 6.45) is 19.7. The average molecular weight is 507 g/mol. The van der Waals surface area contributed by atoms with E-state index in [1.54, 1.807) is 12.1 Å². The molecule has 2 aliphatic carbocycles. The number of benzene rings is 2. The Morgan fingerprint density at radius 1 is 0.811 bits per heavy atom. The van der Waals surface area contributed by atoms with E-state index >= 15 is 0 Å². The molecule has 0 spiro atoms. The number of allylic oxidation sites excluding steroid dienone is 3. The molecule has 37 heavy (non-hydrogen) atoms. The first kappa shape index (κ1) is 27.6. The predicted molar refractivity (Wildman–Crippen MR) is 150 cm³/mol. The van der Waals surface area contributed by atoms with Gasteiger partial charge in [-0.2, -0.15) is 4.39 Å². The summed E-state index contributed by atoms with van der Waals surface area (Å²) < 4.78 is 34.8. The summed E-state index contributed by atoms with van der Waals surface area (Å²) in [7, 11) is 0. The molecule has 0 aliphatic heterocycles. The molecule has 2 aromatic rings. The molecule has 0 atom stereocenters. The molecule has 0 aromatic heterocycles. The zero-order chi connectivity index (χ0) is 26.0. The molecule has 0 amide bonds. The van der Waals surface area contributed by atoms with E-state index in [9.17, 15) is 8.78 Å². The third kappa shape index (κ3) is 7.55. The molecule has 4 rings (SSSR count). The Hall–Kier alpha value is -2.42. The van der Waals surface area contributed by atoms with Crippen LogP contribution in [0, 0.1) is 23.5 Å². The lowest BCUT2D eigenvalue weighted by Gasteiger charge is -2.29. The fourth-order valence-electron chi connectivity index (χ4n) is 6.11. The fraction of sp³-hybridized carbons (Fsp3) is 0.529. The quantitative estimate of drug-likeness (QED) is 0.218. The Morgan fingerprint density at radius 3 is 2.03 bits per heavy atom. The van der Waals surface area contributed by atoms with Gasteiger partial charge in [0, 0.05) is 0 Å². The first-order valence-corrected chi connectivity index (χ1v) is 14.6. The summed E-state index contributed by atoms with van der Waals surface area (Å²) in [4.78, 5) is 0. The van der Waals surface area contributed by atoms with Crippen LogP contribution in [-0.4, -0.2) is 6.61 Å². The van der Waals surface area contributed by atoms with Crippen LogP contribution in [0.1, 0.15) is 106 Å². The SMILES string of the molecule is C=CCCc1ccc(C2CCC(/C=C/C3CCC(c4ccc(OCCCC)c(F)c4F)CC3)CC2)cc1. The predicted octanol–water partition coefficient (Wildman–Crippen LogP) is 10.1. The third-order valence-electron chi connectivity index (χ3n) is 8.56. The van der Waals surface area contributed by atoms with E-state index in [-0.39, 0.29) is 11.7 Å². The van der Waals surface area contributed by atoms with E-state index in [0.29, 0.717) is 29.9 Å². The Labute approximate surface area is 223 Å². The number of hydrogen-bond donors (Lipinski definition) is 0. The molecule has 2 aromatic carbocycles. The standard InChI is InChI=1S/C34H44F2O/c1-3-5-7-25-10-16-28(17-11-25)29-18-12-26(13-19-29)8-9-27-14-20-30(21-15-27)31-22-23-32(34(36)33(31)35)37-24-6-4-2/h3,8-11,16-17,22-23,26-27,29-30H,1,4-7,12-15,18-21,24H2,2H3/b9-8+. The number of halogens is 2. The summed E-state index contributed by atoms with van der Waals surface area (Å²) in [5.74, 6) is 0.525.